The maximum atomic E-state index is 12.3. The molecule has 3 rings (SSSR count). The van der Waals surface area contributed by atoms with Crippen LogP contribution in [0, 0.1) is 0 Å². The van der Waals surface area contributed by atoms with Crippen molar-refractivity contribution in [2.75, 3.05) is 0 Å². The van der Waals surface area contributed by atoms with Crippen LogP contribution in [0.25, 0.3) is 0 Å². The Hall–Kier alpha value is -2.56. The van der Waals surface area contributed by atoms with E-state index in [0.717, 1.165) is 36.9 Å². The summed E-state index contributed by atoms with van der Waals surface area (Å²) in [6, 6.07) is 9.54. The standard InChI is InChI=1S/C19H23N3O2/c1-2-4-17-16(9-10-20-17)19(24)21-12-13-5-3-6-14(11-13)18(23)22-15-7-8-15/h3,5-6,9-11,15,20H,2,4,7-8,12H2,1H3,(H,21,24)(H,22,23). The first-order valence-corrected chi connectivity index (χ1v) is 8.51. The molecular formula is C19H23N3O2. The molecule has 0 unspecified atom stereocenters. The average Bonchev–Trinajstić information content (AvgIpc) is 3.28. The summed E-state index contributed by atoms with van der Waals surface area (Å²) >= 11 is 0. The minimum atomic E-state index is -0.0902. The first kappa shape index (κ1) is 16.3. The molecule has 2 amide bonds. The molecule has 1 aromatic heterocycles. The van der Waals surface area contributed by atoms with E-state index in [1.165, 1.54) is 0 Å². The Kier molecular flexibility index (Phi) is 4.99. The molecule has 0 saturated heterocycles. The lowest BCUT2D eigenvalue weighted by Crippen LogP contribution is -2.26. The Morgan fingerprint density at radius 2 is 2.04 bits per heavy atom. The number of hydrogen-bond donors (Lipinski definition) is 3. The van der Waals surface area contributed by atoms with E-state index >= 15 is 0 Å². The molecule has 1 aliphatic carbocycles. The fraction of sp³-hybridized carbons (Fsp3) is 0.368. The molecule has 3 N–H and O–H groups in total. The molecule has 0 spiro atoms. The second-order valence-corrected chi connectivity index (χ2v) is 6.25. The van der Waals surface area contributed by atoms with Gasteiger partial charge in [-0.3, -0.25) is 9.59 Å². The molecule has 1 saturated carbocycles. The van der Waals surface area contributed by atoms with Crippen LogP contribution in [0.4, 0.5) is 0 Å². The average molecular weight is 325 g/mol. The lowest BCUT2D eigenvalue weighted by Gasteiger charge is -2.08. The van der Waals surface area contributed by atoms with Crippen molar-refractivity contribution in [1.29, 1.82) is 0 Å². The van der Waals surface area contributed by atoms with Crippen molar-refractivity contribution >= 4 is 11.8 Å². The van der Waals surface area contributed by atoms with Gasteiger partial charge in [0.15, 0.2) is 0 Å². The molecule has 1 aromatic carbocycles. The van der Waals surface area contributed by atoms with E-state index in [1.807, 2.05) is 18.2 Å². The molecule has 24 heavy (non-hydrogen) atoms. The van der Waals surface area contributed by atoms with Crippen LogP contribution < -0.4 is 10.6 Å². The zero-order valence-corrected chi connectivity index (χ0v) is 13.9. The number of nitrogens with one attached hydrogen (secondary N) is 3. The van der Waals surface area contributed by atoms with Crippen molar-refractivity contribution in [2.45, 2.75) is 45.2 Å². The molecule has 5 heteroatoms. The van der Waals surface area contributed by atoms with E-state index < -0.39 is 0 Å². The van der Waals surface area contributed by atoms with Crippen LogP contribution in [-0.2, 0) is 13.0 Å². The first-order chi connectivity index (χ1) is 11.7. The van der Waals surface area contributed by atoms with E-state index in [1.54, 1.807) is 18.3 Å². The van der Waals surface area contributed by atoms with Crippen LogP contribution in [0.2, 0.25) is 0 Å². The summed E-state index contributed by atoms with van der Waals surface area (Å²) in [5, 5.41) is 5.90. The maximum Gasteiger partial charge on any atom is 0.253 e. The van der Waals surface area contributed by atoms with Crippen LogP contribution in [-0.4, -0.2) is 22.8 Å². The number of rotatable bonds is 7. The number of aromatic nitrogens is 1. The molecule has 5 nitrogen and oxygen atoms in total. The van der Waals surface area contributed by atoms with Crippen LogP contribution in [0.15, 0.2) is 36.5 Å². The Balaban J connectivity index is 1.60. The normalized spacial score (nSPS) is 13.5. The van der Waals surface area contributed by atoms with Crippen LogP contribution >= 0.6 is 0 Å². The van der Waals surface area contributed by atoms with Gasteiger partial charge in [0.05, 0.1) is 5.56 Å². The minimum absolute atomic E-state index is 0.0402. The predicted molar refractivity (Wildman–Crippen MR) is 92.9 cm³/mol. The van der Waals surface area contributed by atoms with E-state index in [0.29, 0.717) is 23.7 Å². The Morgan fingerprint density at radius 3 is 2.79 bits per heavy atom. The van der Waals surface area contributed by atoms with Gasteiger partial charge in [-0.15, -0.1) is 0 Å². The number of carbonyl (C=O) groups is 2. The molecule has 1 fully saturated rings. The Bertz CT molecular complexity index is 732. The van der Waals surface area contributed by atoms with Gasteiger partial charge in [-0.1, -0.05) is 25.5 Å². The van der Waals surface area contributed by atoms with Crippen molar-refractivity contribution in [3.8, 4) is 0 Å². The number of hydrogen-bond acceptors (Lipinski definition) is 2. The summed E-state index contributed by atoms with van der Waals surface area (Å²) in [4.78, 5) is 27.5. The van der Waals surface area contributed by atoms with Gasteiger partial charge in [0, 0.05) is 30.0 Å². The van der Waals surface area contributed by atoms with Gasteiger partial charge < -0.3 is 15.6 Å². The van der Waals surface area contributed by atoms with E-state index in [-0.39, 0.29) is 11.8 Å². The van der Waals surface area contributed by atoms with Crippen molar-refractivity contribution in [1.82, 2.24) is 15.6 Å². The van der Waals surface area contributed by atoms with Gasteiger partial charge in [-0.05, 0) is 43.0 Å². The summed E-state index contributed by atoms with van der Waals surface area (Å²) in [5.41, 5.74) is 3.22. The molecule has 0 aliphatic heterocycles. The third kappa shape index (κ3) is 4.04. The number of amides is 2. The number of aryl methyl sites for hydroxylation is 1. The number of benzene rings is 1. The number of aromatic amines is 1. The second-order valence-electron chi connectivity index (χ2n) is 6.25. The molecule has 2 aromatic rings. The number of H-pyrrole nitrogens is 1. The SMILES string of the molecule is CCCc1[nH]ccc1C(=O)NCc1cccc(C(=O)NC2CC2)c1. The van der Waals surface area contributed by atoms with Crippen molar-refractivity contribution in [3.05, 3.63) is 58.9 Å². The summed E-state index contributed by atoms with van der Waals surface area (Å²) < 4.78 is 0. The van der Waals surface area contributed by atoms with Crippen molar-refractivity contribution in [2.24, 2.45) is 0 Å². The highest BCUT2D eigenvalue weighted by atomic mass is 16.2. The molecule has 1 heterocycles. The Morgan fingerprint density at radius 1 is 1.21 bits per heavy atom. The molecular weight excluding hydrogens is 302 g/mol. The zero-order valence-electron chi connectivity index (χ0n) is 13.9. The Labute approximate surface area is 141 Å². The monoisotopic (exact) mass is 325 g/mol. The zero-order chi connectivity index (χ0) is 16.9. The van der Waals surface area contributed by atoms with Gasteiger partial charge in [0.1, 0.15) is 0 Å². The fourth-order valence-electron chi connectivity index (χ4n) is 2.67. The van der Waals surface area contributed by atoms with E-state index in [2.05, 4.69) is 22.5 Å². The van der Waals surface area contributed by atoms with Crippen LogP contribution in [0.3, 0.4) is 0 Å². The summed E-state index contributed by atoms with van der Waals surface area (Å²) in [5.74, 6) is -0.130. The first-order valence-electron chi connectivity index (χ1n) is 8.51. The third-order valence-corrected chi connectivity index (χ3v) is 4.13. The summed E-state index contributed by atoms with van der Waals surface area (Å²) in [7, 11) is 0. The van der Waals surface area contributed by atoms with E-state index in [9.17, 15) is 9.59 Å². The van der Waals surface area contributed by atoms with Gasteiger partial charge in [-0.25, -0.2) is 0 Å². The highest BCUT2D eigenvalue weighted by Crippen LogP contribution is 2.19. The largest absolute Gasteiger partial charge is 0.364 e. The molecule has 126 valence electrons. The summed E-state index contributed by atoms with van der Waals surface area (Å²) in [6.07, 6.45) is 5.77. The third-order valence-electron chi connectivity index (χ3n) is 4.13. The lowest BCUT2D eigenvalue weighted by molar-refractivity contribution is 0.0944. The minimum Gasteiger partial charge on any atom is -0.364 e. The summed E-state index contributed by atoms with van der Waals surface area (Å²) in [6.45, 7) is 2.49. The van der Waals surface area contributed by atoms with E-state index in [4.69, 9.17) is 0 Å². The van der Waals surface area contributed by atoms with Gasteiger partial charge in [-0.2, -0.15) is 0 Å². The van der Waals surface area contributed by atoms with Crippen LogP contribution in [0.1, 0.15) is 58.2 Å². The van der Waals surface area contributed by atoms with Crippen molar-refractivity contribution < 1.29 is 9.59 Å². The van der Waals surface area contributed by atoms with Crippen LogP contribution in [0.5, 0.6) is 0 Å². The second kappa shape index (κ2) is 7.34. The smallest absolute Gasteiger partial charge is 0.253 e. The molecule has 0 atom stereocenters. The van der Waals surface area contributed by atoms with Gasteiger partial charge in [0.25, 0.3) is 11.8 Å². The van der Waals surface area contributed by atoms with Gasteiger partial charge >= 0.3 is 0 Å². The predicted octanol–water partition coefficient (Wildman–Crippen LogP) is 2.79. The van der Waals surface area contributed by atoms with Gasteiger partial charge in [0.2, 0.25) is 0 Å². The highest BCUT2D eigenvalue weighted by molar-refractivity contribution is 5.96. The lowest BCUT2D eigenvalue weighted by atomic mass is 10.1. The van der Waals surface area contributed by atoms with Crippen molar-refractivity contribution in [3.63, 3.8) is 0 Å². The maximum absolute atomic E-state index is 12.3. The quantitative estimate of drug-likeness (QED) is 0.732. The number of carbonyl (C=O) groups excluding carboxylic acids is 2. The molecule has 0 radical (unpaired) electrons. The fourth-order valence-corrected chi connectivity index (χ4v) is 2.67. The molecule has 0 bridgehead atoms. The molecule has 1 aliphatic rings. The topological polar surface area (TPSA) is 74.0 Å². The highest BCUT2D eigenvalue weighted by Gasteiger charge is 2.23.